The Labute approximate surface area is 88.7 Å². The molecule has 0 aromatic carbocycles. The van der Waals surface area contributed by atoms with Crippen LogP contribution in [0, 0.1) is 5.92 Å². The van der Waals surface area contributed by atoms with Gasteiger partial charge in [0.1, 0.15) is 10.8 Å². The number of thiocarbonyl (C=S) groups is 1. The maximum atomic E-state index is 5.47. The standard InChI is InChI=1S/C10H13N3S/c11-10(14)8-3-4-9(13-6-8)12-5-7-1-2-7/h3-4,6-7H,1-2,5H2,(H2,11,14)(H,12,13). The van der Waals surface area contributed by atoms with Gasteiger partial charge in [0.25, 0.3) is 0 Å². The Hall–Kier alpha value is -1.16. The first-order valence-corrected chi connectivity index (χ1v) is 5.16. The van der Waals surface area contributed by atoms with E-state index in [-0.39, 0.29) is 0 Å². The van der Waals surface area contributed by atoms with Crippen molar-refractivity contribution in [3.8, 4) is 0 Å². The molecule has 0 aliphatic heterocycles. The lowest BCUT2D eigenvalue weighted by Gasteiger charge is -2.04. The lowest BCUT2D eigenvalue weighted by molar-refractivity contribution is 0.883. The van der Waals surface area contributed by atoms with Crippen molar-refractivity contribution in [3.05, 3.63) is 23.9 Å². The number of aromatic nitrogens is 1. The summed E-state index contributed by atoms with van der Waals surface area (Å²) in [5.41, 5.74) is 6.28. The summed E-state index contributed by atoms with van der Waals surface area (Å²) in [6, 6.07) is 3.81. The summed E-state index contributed by atoms with van der Waals surface area (Å²) >= 11 is 4.84. The van der Waals surface area contributed by atoms with Gasteiger partial charge in [-0.25, -0.2) is 4.98 Å². The first-order valence-electron chi connectivity index (χ1n) is 4.75. The number of rotatable bonds is 4. The van der Waals surface area contributed by atoms with Gasteiger partial charge in [0.2, 0.25) is 0 Å². The van der Waals surface area contributed by atoms with E-state index in [4.69, 9.17) is 18.0 Å². The number of nitrogens with zero attached hydrogens (tertiary/aromatic N) is 1. The van der Waals surface area contributed by atoms with Crippen LogP contribution in [0.2, 0.25) is 0 Å². The van der Waals surface area contributed by atoms with Gasteiger partial charge in [0, 0.05) is 18.3 Å². The Morgan fingerprint density at radius 2 is 2.36 bits per heavy atom. The minimum atomic E-state index is 0.395. The Balaban J connectivity index is 1.94. The summed E-state index contributed by atoms with van der Waals surface area (Å²) in [7, 11) is 0. The van der Waals surface area contributed by atoms with Crippen molar-refractivity contribution >= 4 is 23.0 Å². The van der Waals surface area contributed by atoms with Gasteiger partial charge < -0.3 is 11.1 Å². The minimum absolute atomic E-state index is 0.395. The van der Waals surface area contributed by atoms with Crippen LogP contribution in [0.1, 0.15) is 18.4 Å². The Kier molecular flexibility index (Phi) is 2.63. The van der Waals surface area contributed by atoms with Gasteiger partial charge >= 0.3 is 0 Å². The number of nitrogens with two attached hydrogens (primary N) is 1. The maximum Gasteiger partial charge on any atom is 0.125 e. The van der Waals surface area contributed by atoms with E-state index < -0.39 is 0 Å². The second kappa shape index (κ2) is 3.92. The van der Waals surface area contributed by atoms with Crippen LogP contribution in [-0.2, 0) is 0 Å². The van der Waals surface area contributed by atoms with Gasteiger partial charge in [-0.1, -0.05) is 12.2 Å². The Bertz CT molecular complexity index is 330. The van der Waals surface area contributed by atoms with Crippen molar-refractivity contribution in [1.82, 2.24) is 4.98 Å². The molecule has 0 spiro atoms. The normalized spacial score (nSPS) is 15.1. The number of nitrogens with one attached hydrogen (secondary N) is 1. The summed E-state index contributed by atoms with van der Waals surface area (Å²) in [6.45, 7) is 1.03. The largest absolute Gasteiger partial charge is 0.389 e. The molecule has 1 heterocycles. The summed E-state index contributed by atoms with van der Waals surface area (Å²) < 4.78 is 0. The molecular weight excluding hydrogens is 194 g/mol. The van der Waals surface area contributed by atoms with E-state index in [1.807, 2.05) is 12.1 Å². The summed E-state index contributed by atoms with van der Waals surface area (Å²) in [5.74, 6) is 1.75. The molecule has 1 aliphatic carbocycles. The highest BCUT2D eigenvalue weighted by molar-refractivity contribution is 7.80. The molecule has 0 unspecified atom stereocenters. The highest BCUT2D eigenvalue weighted by Crippen LogP contribution is 2.28. The molecule has 0 saturated heterocycles. The molecular formula is C10H13N3S. The van der Waals surface area contributed by atoms with Crippen LogP contribution in [0.5, 0.6) is 0 Å². The Morgan fingerprint density at radius 3 is 2.86 bits per heavy atom. The van der Waals surface area contributed by atoms with Crippen LogP contribution in [0.3, 0.4) is 0 Å². The molecule has 2 rings (SSSR count). The molecule has 1 aromatic rings. The van der Waals surface area contributed by atoms with Crippen molar-refractivity contribution in [1.29, 1.82) is 0 Å². The van der Waals surface area contributed by atoms with E-state index in [1.165, 1.54) is 12.8 Å². The van der Waals surface area contributed by atoms with E-state index in [0.29, 0.717) is 4.99 Å². The smallest absolute Gasteiger partial charge is 0.125 e. The van der Waals surface area contributed by atoms with Crippen molar-refractivity contribution in [2.45, 2.75) is 12.8 Å². The summed E-state index contributed by atoms with van der Waals surface area (Å²) in [5, 5.41) is 3.28. The lowest BCUT2D eigenvalue weighted by atomic mass is 10.3. The molecule has 74 valence electrons. The molecule has 3 nitrogen and oxygen atoms in total. The third kappa shape index (κ3) is 2.42. The van der Waals surface area contributed by atoms with Crippen molar-refractivity contribution in [2.24, 2.45) is 11.7 Å². The van der Waals surface area contributed by atoms with Crippen LogP contribution in [-0.4, -0.2) is 16.5 Å². The first kappa shape index (κ1) is 9.40. The number of anilines is 1. The van der Waals surface area contributed by atoms with E-state index in [0.717, 1.165) is 23.8 Å². The zero-order valence-corrected chi connectivity index (χ0v) is 8.68. The molecule has 0 atom stereocenters. The van der Waals surface area contributed by atoms with Gasteiger partial charge in [-0.05, 0) is 30.9 Å². The third-order valence-electron chi connectivity index (χ3n) is 2.32. The molecule has 3 N–H and O–H groups in total. The van der Waals surface area contributed by atoms with Crippen LogP contribution < -0.4 is 11.1 Å². The third-order valence-corrected chi connectivity index (χ3v) is 2.55. The predicted octanol–water partition coefficient (Wildman–Crippen LogP) is 1.54. The molecule has 1 aliphatic rings. The highest BCUT2D eigenvalue weighted by Gasteiger charge is 2.20. The fourth-order valence-corrected chi connectivity index (χ4v) is 1.34. The number of hydrogen-bond acceptors (Lipinski definition) is 3. The molecule has 14 heavy (non-hydrogen) atoms. The maximum absolute atomic E-state index is 5.47. The van der Waals surface area contributed by atoms with Gasteiger partial charge in [-0.2, -0.15) is 0 Å². The predicted molar refractivity (Wildman–Crippen MR) is 61.3 cm³/mol. The monoisotopic (exact) mass is 207 g/mol. The number of hydrogen-bond donors (Lipinski definition) is 2. The van der Waals surface area contributed by atoms with Gasteiger partial charge in [-0.3, -0.25) is 0 Å². The van der Waals surface area contributed by atoms with Crippen molar-refractivity contribution < 1.29 is 0 Å². The van der Waals surface area contributed by atoms with Gasteiger partial charge in [0.15, 0.2) is 0 Å². The molecule has 1 fully saturated rings. The van der Waals surface area contributed by atoms with Crippen LogP contribution >= 0.6 is 12.2 Å². The molecule has 1 aromatic heterocycles. The molecule has 0 amide bonds. The van der Waals surface area contributed by atoms with E-state index in [9.17, 15) is 0 Å². The van der Waals surface area contributed by atoms with Crippen molar-refractivity contribution in [2.75, 3.05) is 11.9 Å². The van der Waals surface area contributed by atoms with Crippen LogP contribution in [0.4, 0.5) is 5.82 Å². The Morgan fingerprint density at radius 1 is 1.57 bits per heavy atom. The van der Waals surface area contributed by atoms with E-state index >= 15 is 0 Å². The minimum Gasteiger partial charge on any atom is -0.389 e. The number of pyridine rings is 1. The van der Waals surface area contributed by atoms with E-state index in [1.54, 1.807) is 6.20 Å². The average Bonchev–Trinajstić information content (AvgIpc) is 2.99. The van der Waals surface area contributed by atoms with Gasteiger partial charge in [0.05, 0.1) is 0 Å². The summed E-state index contributed by atoms with van der Waals surface area (Å²) in [4.78, 5) is 4.62. The topological polar surface area (TPSA) is 50.9 Å². The average molecular weight is 207 g/mol. The zero-order chi connectivity index (χ0) is 9.97. The highest BCUT2D eigenvalue weighted by atomic mass is 32.1. The van der Waals surface area contributed by atoms with Crippen molar-refractivity contribution in [3.63, 3.8) is 0 Å². The van der Waals surface area contributed by atoms with Crippen LogP contribution in [0.15, 0.2) is 18.3 Å². The quantitative estimate of drug-likeness (QED) is 0.735. The molecule has 0 radical (unpaired) electrons. The summed E-state index contributed by atoms with van der Waals surface area (Å²) in [6.07, 6.45) is 4.40. The second-order valence-corrected chi connectivity index (χ2v) is 4.06. The van der Waals surface area contributed by atoms with E-state index in [2.05, 4.69) is 10.3 Å². The fraction of sp³-hybridized carbons (Fsp3) is 0.400. The SMILES string of the molecule is NC(=S)c1ccc(NCC2CC2)nc1. The molecule has 1 saturated carbocycles. The second-order valence-electron chi connectivity index (χ2n) is 3.62. The first-order chi connectivity index (χ1) is 6.75. The molecule has 0 bridgehead atoms. The lowest BCUT2D eigenvalue weighted by Crippen LogP contribution is -2.10. The van der Waals surface area contributed by atoms with Gasteiger partial charge in [-0.15, -0.1) is 0 Å². The molecule has 4 heteroatoms. The van der Waals surface area contributed by atoms with Crippen LogP contribution in [0.25, 0.3) is 0 Å². The fourth-order valence-electron chi connectivity index (χ4n) is 1.22. The zero-order valence-electron chi connectivity index (χ0n) is 7.86.